The molecule has 10 heteroatoms. The van der Waals surface area contributed by atoms with Crippen LogP contribution in [0.25, 0.3) is 0 Å². The summed E-state index contributed by atoms with van der Waals surface area (Å²) in [6, 6.07) is 3.74. The zero-order valence-electron chi connectivity index (χ0n) is 17.0. The largest absolute Gasteiger partial charge is 0.474 e. The van der Waals surface area contributed by atoms with Crippen molar-refractivity contribution in [2.75, 3.05) is 23.8 Å². The number of urea groups is 1. The van der Waals surface area contributed by atoms with Crippen LogP contribution in [0.2, 0.25) is 0 Å². The molecule has 0 radical (unpaired) electrons. The molecule has 0 fully saturated rings. The number of halogens is 2. The van der Waals surface area contributed by atoms with Gasteiger partial charge in [0.25, 0.3) is 0 Å². The number of nitrogens with one attached hydrogen (secondary N) is 1. The first-order valence-corrected chi connectivity index (χ1v) is 9.65. The molecule has 32 heavy (non-hydrogen) atoms. The number of carbonyl (C=O) groups excluding carboxylic acids is 1. The molecule has 162 valence electrons. The maximum absolute atomic E-state index is 13.5. The Hall–Kier alpha value is -4.26. The van der Waals surface area contributed by atoms with Crippen molar-refractivity contribution < 1.29 is 18.3 Å². The van der Waals surface area contributed by atoms with Gasteiger partial charge in [0.2, 0.25) is 11.8 Å². The highest BCUT2D eigenvalue weighted by Gasteiger charge is 2.26. The first-order valence-electron chi connectivity index (χ1n) is 9.65. The van der Waals surface area contributed by atoms with Crippen molar-refractivity contribution in [3.05, 3.63) is 71.2 Å². The Morgan fingerprint density at radius 1 is 1.09 bits per heavy atom. The molecule has 0 saturated carbocycles. The molecule has 3 heterocycles. The minimum absolute atomic E-state index is 0.153. The van der Waals surface area contributed by atoms with E-state index < -0.39 is 23.7 Å². The molecule has 0 saturated heterocycles. The molecule has 0 bridgehead atoms. The number of amides is 2. The van der Waals surface area contributed by atoms with Gasteiger partial charge in [-0.25, -0.2) is 28.5 Å². The maximum atomic E-state index is 13.5. The van der Waals surface area contributed by atoms with Crippen molar-refractivity contribution >= 4 is 17.7 Å². The maximum Gasteiger partial charge on any atom is 0.322 e. The number of carbonyl (C=O) groups is 1. The number of aromatic nitrogens is 3. The summed E-state index contributed by atoms with van der Waals surface area (Å²) in [6.07, 6.45) is 4.53. The van der Waals surface area contributed by atoms with Crippen molar-refractivity contribution in [3.63, 3.8) is 0 Å². The normalized spacial score (nSPS) is 13.3. The Balaban J connectivity index is 1.55. The Bertz CT molecular complexity index is 1200. The van der Waals surface area contributed by atoms with E-state index in [9.17, 15) is 13.6 Å². The van der Waals surface area contributed by atoms with E-state index in [0.717, 1.165) is 6.07 Å². The Labute approximate surface area is 182 Å². The van der Waals surface area contributed by atoms with Crippen molar-refractivity contribution in [1.82, 2.24) is 20.3 Å². The van der Waals surface area contributed by atoms with E-state index in [-0.39, 0.29) is 25.0 Å². The van der Waals surface area contributed by atoms with E-state index in [1.807, 2.05) is 0 Å². The third-order valence-electron chi connectivity index (χ3n) is 4.67. The van der Waals surface area contributed by atoms with Gasteiger partial charge in [-0.3, -0.25) is 4.90 Å². The van der Waals surface area contributed by atoms with Crippen LogP contribution in [0.5, 0.6) is 5.88 Å². The van der Waals surface area contributed by atoms with Crippen LogP contribution in [0.3, 0.4) is 0 Å². The lowest BCUT2D eigenvalue weighted by molar-refractivity contribution is 0.236. The van der Waals surface area contributed by atoms with Crippen molar-refractivity contribution in [2.24, 2.45) is 0 Å². The summed E-state index contributed by atoms with van der Waals surface area (Å²) in [5.74, 6) is 4.86. The van der Waals surface area contributed by atoms with E-state index in [4.69, 9.17) is 10.5 Å². The minimum Gasteiger partial charge on any atom is -0.474 e. The van der Waals surface area contributed by atoms with Crippen molar-refractivity contribution in [2.45, 2.75) is 13.0 Å². The number of nitrogens with two attached hydrogens (primary N) is 1. The van der Waals surface area contributed by atoms with E-state index in [2.05, 4.69) is 32.1 Å². The van der Waals surface area contributed by atoms with Crippen LogP contribution in [0.4, 0.5) is 25.2 Å². The number of rotatable bonds is 2. The first kappa shape index (κ1) is 21.0. The highest BCUT2D eigenvalue weighted by atomic mass is 19.1. The number of hydrogen-bond donors (Lipinski definition) is 2. The van der Waals surface area contributed by atoms with Gasteiger partial charge in [0, 0.05) is 30.2 Å². The van der Waals surface area contributed by atoms with Crippen LogP contribution < -0.4 is 20.7 Å². The van der Waals surface area contributed by atoms with Crippen molar-refractivity contribution in [3.8, 4) is 17.7 Å². The number of ether oxygens (including phenoxy) is 1. The summed E-state index contributed by atoms with van der Waals surface area (Å²) in [5.41, 5.74) is 7.33. The molecule has 2 amide bonds. The van der Waals surface area contributed by atoms with E-state index in [1.165, 1.54) is 35.6 Å². The summed E-state index contributed by atoms with van der Waals surface area (Å²) in [5, 5.41) is 2.75. The third-order valence-corrected chi connectivity index (χ3v) is 4.67. The second kappa shape index (κ2) is 8.85. The average molecular weight is 436 g/mol. The van der Waals surface area contributed by atoms with Crippen LogP contribution >= 0.6 is 0 Å². The van der Waals surface area contributed by atoms with Gasteiger partial charge in [-0.1, -0.05) is 11.8 Å². The van der Waals surface area contributed by atoms with Crippen molar-refractivity contribution in [1.29, 1.82) is 0 Å². The molecule has 8 nitrogen and oxygen atoms in total. The first-order chi connectivity index (χ1) is 15.4. The summed E-state index contributed by atoms with van der Waals surface area (Å²) in [7, 11) is 0. The Kier molecular flexibility index (Phi) is 5.81. The van der Waals surface area contributed by atoms with Crippen LogP contribution in [-0.2, 0) is 0 Å². The van der Waals surface area contributed by atoms with Crippen LogP contribution in [0, 0.1) is 23.5 Å². The highest BCUT2D eigenvalue weighted by molar-refractivity contribution is 5.94. The SMILES string of the molecule is C[C@H](NC(=O)N1CCOc2ncc(C#Cc3cnc(N)nc3)cc21)c1cc(F)cc(F)c1. The van der Waals surface area contributed by atoms with Gasteiger partial charge in [0.15, 0.2) is 0 Å². The summed E-state index contributed by atoms with van der Waals surface area (Å²) in [4.78, 5) is 26.4. The number of nitrogen functional groups attached to an aromatic ring is 1. The summed E-state index contributed by atoms with van der Waals surface area (Å²) >= 11 is 0. The molecular weight excluding hydrogens is 418 g/mol. The molecule has 1 aromatic carbocycles. The lowest BCUT2D eigenvalue weighted by Gasteiger charge is -2.30. The molecule has 0 spiro atoms. The number of benzene rings is 1. The number of fused-ring (bicyclic) bond motifs is 1. The molecule has 0 aliphatic carbocycles. The fraction of sp³-hybridized carbons (Fsp3) is 0.182. The van der Waals surface area contributed by atoms with Gasteiger partial charge in [-0.15, -0.1) is 0 Å². The molecule has 1 aliphatic rings. The minimum atomic E-state index is -0.711. The van der Waals surface area contributed by atoms with Gasteiger partial charge >= 0.3 is 6.03 Å². The zero-order valence-corrected chi connectivity index (χ0v) is 17.0. The monoisotopic (exact) mass is 436 g/mol. The number of nitrogens with zero attached hydrogens (tertiary/aromatic N) is 4. The molecule has 1 atom stereocenters. The van der Waals surface area contributed by atoms with Gasteiger partial charge < -0.3 is 15.8 Å². The second-order valence-electron chi connectivity index (χ2n) is 7.00. The highest BCUT2D eigenvalue weighted by Crippen LogP contribution is 2.30. The van der Waals surface area contributed by atoms with Gasteiger partial charge in [0.05, 0.1) is 18.2 Å². The number of anilines is 2. The quantitative estimate of drug-likeness (QED) is 0.599. The van der Waals surface area contributed by atoms with Crippen LogP contribution in [0.15, 0.2) is 42.9 Å². The van der Waals surface area contributed by atoms with E-state index >= 15 is 0 Å². The zero-order chi connectivity index (χ0) is 22.7. The summed E-state index contributed by atoms with van der Waals surface area (Å²) < 4.78 is 32.6. The lowest BCUT2D eigenvalue weighted by Crippen LogP contribution is -2.45. The van der Waals surface area contributed by atoms with Crippen LogP contribution in [-0.4, -0.2) is 34.1 Å². The number of pyridine rings is 1. The average Bonchev–Trinajstić information content (AvgIpc) is 2.77. The molecule has 3 N–H and O–H groups in total. The summed E-state index contributed by atoms with van der Waals surface area (Å²) in [6.45, 7) is 2.17. The van der Waals surface area contributed by atoms with Gasteiger partial charge in [-0.05, 0) is 30.7 Å². The van der Waals surface area contributed by atoms with Crippen LogP contribution in [0.1, 0.15) is 29.7 Å². The van der Waals surface area contributed by atoms with Gasteiger partial charge in [0.1, 0.15) is 23.9 Å². The van der Waals surface area contributed by atoms with Gasteiger partial charge in [-0.2, -0.15) is 0 Å². The third kappa shape index (κ3) is 4.73. The topological polar surface area (TPSA) is 106 Å². The molecule has 4 rings (SSSR count). The molecule has 0 unspecified atom stereocenters. The molecule has 1 aliphatic heterocycles. The van der Waals surface area contributed by atoms with E-state index in [1.54, 1.807) is 13.0 Å². The standard InChI is InChI=1S/C22H18F2N6O2/c1-13(16-7-17(23)9-18(24)8-16)29-22(31)30-4-5-32-20-19(30)6-14(10-26-20)2-3-15-11-27-21(25)28-12-15/h6-13H,4-5H2,1H3,(H,29,31)(H2,25,27,28)/t13-/m0/s1. The molecular formula is C22H18F2N6O2. The lowest BCUT2D eigenvalue weighted by atomic mass is 10.1. The number of hydrogen-bond acceptors (Lipinski definition) is 6. The fourth-order valence-electron chi connectivity index (χ4n) is 3.10. The molecule has 3 aromatic rings. The predicted octanol–water partition coefficient (Wildman–Crippen LogP) is 2.80. The van der Waals surface area contributed by atoms with E-state index in [0.29, 0.717) is 22.4 Å². The Morgan fingerprint density at radius 2 is 1.75 bits per heavy atom. The molecule has 2 aromatic heterocycles. The second-order valence-corrected chi connectivity index (χ2v) is 7.00. The Morgan fingerprint density at radius 3 is 2.47 bits per heavy atom. The predicted molar refractivity (Wildman–Crippen MR) is 113 cm³/mol. The smallest absolute Gasteiger partial charge is 0.322 e. The fourth-order valence-corrected chi connectivity index (χ4v) is 3.10.